The number of anilines is 1. The van der Waals surface area contributed by atoms with Gasteiger partial charge in [-0.2, -0.15) is 5.26 Å². The van der Waals surface area contributed by atoms with Gasteiger partial charge in [-0.05, 0) is 48.5 Å². The Hall–Kier alpha value is -1.96. The molecular formula is C15H11ClN2OS. The lowest BCUT2D eigenvalue weighted by Crippen LogP contribution is -2.13. The zero-order chi connectivity index (χ0) is 14.4. The molecule has 0 heterocycles. The van der Waals surface area contributed by atoms with Crippen molar-refractivity contribution in [3.8, 4) is 6.07 Å². The summed E-state index contributed by atoms with van der Waals surface area (Å²) in [6.45, 7) is 0. The van der Waals surface area contributed by atoms with Crippen molar-refractivity contribution in [1.82, 2.24) is 0 Å². The molecule has 0 radical (unpaired) electrons. The van der Waals surface area contributed by atoms with Crippen molar-refractivity contribution in [2.24, 2.45) is 0 Å². The molecule has 0 aliphatic rings. The van der Waals surface area contributed by atoms with Crippen LogP contribution < -0.4 is 5.32 Å². The van der Waals surface area contributed by atoms with Crippen LogP contribution in [0.5, 0.6) is 0 Å². The second kappa shape index (κ2) is 6.99. The molecule has 0 atom stereocenters. The van der Waals surface area contributed by atoms with Crippen LogP contribution in [0, 0.1) is 11.3 Å². The quantitative estimate of drug-likeness (QED) is 0.870. The minimum atomic E-state index is -0.0883. The van der Waals surface area contributed by atoms with Crippen molar-refractivity contribution in [2.75, 3.05) is 11.1 Å². The number of nitriles is 1. The summed E-state index contributed by atoms with van der Waals surface area (Å²) in [5, 5.41) is 12.1. The largest absolute Gasteiger partial charge is 0.325 e. The molecule has 0 unspecified atom stereocenters. The molecule has 1 N–H and O–H groups in total. The SMILES string of the molecule is N#Cc1ccc(NC(=O)CSc2ccc(Cl)cc2)cc1. The van der Waals surface area contributed by atoms with Crippen LogP contribution in [0.2, 0.25) is 5.02 Å². The molecule has 2 aromatic carbocycles. The van der Waals surface area contributed by atoms with Crippen LogP contribution >= 0.6 is 23.4 Å². The number of carbonyl (C=O) groups is 1. The predicted molar refractivity (Wildman–Crippen MR) is 82.0 cm³/mol. The molecular weight excluding hydrogens is 292 g/mol. The Kier molecular flexibility index (Phi) is 5.05. The van der Waals surface area contributed by atoms with Gasteiger partial charge in [-0.15, -0.1) is 11.8 Å². The number of thioether (sulfide) groups is 1. The van der Waals surface area contributed by atoms with Gasteiger partial charge in [0.15, 0.2) is 0 Å². The maximum Gasteiger partial charge on any atom is 0.234 e. The first kappa shape index (κ1) is 14.4. The van der Waals surface area contributed by atoms with E-state index in [0.29, 0.717) is 22.0 Å². The summed E-state index contributed by atoms with van der Waals surface area (Å²) in [6, 6.07) is 16.1. The standard InChI is InChI=1S/C15H11ClN2OS/c16-12-3-7-14(8-4-12)20-10-15(19)18-13-5-1-11(9-17)2-6-13/h1-8H,10H2,(H,18,19). The van der Waals surface area contributed by atoms with Crippen LogP contribution in [0.15, 0.2) is 53.4 Å². The highest BCUT2D eigenvalue weighted by molar-refractivity contribution is 8.00. The van der Waals surface area contributed by atoms with Gasteiger partial charge in [0.05, 0.1) is 17.4 Å². The van der Waals surface area contributed by atoms with Gasteiger partial charge < -0.3 is 5.32 Å². The Bertz CT molecular complexity index is 632. The molecule has 0 aliphatic heterocycles. The molecule has 0 saturated heterocycles. The van der Waals surface area contributed by atoms with Gasteiger partial charge in [0.2, 0.25) is 5.91 Å². The van der Waals surface area contributed by atoms with Gasteiger partial charge in [0.1, 0.15) is 0 Å². The highest BCUT2D eigenvalue weighted by Crippen LogP contribution is 2.20. The van der Waals surface area contributed by atoms with E-state index in [-0.39, 0.29) is 5.91 Å². The number of rotatable bonds is 4. The van der Waals surface area contributed by atoms with E-state index in [1.54, 1.807) is 36.4 Å². The van der Waals surface area contributed by atoms with Crippen molar-refractivity contribution in [3.05, 3.63) is 59.1 Å². The molecule has 0 spiro atoms. The molecule has 3 nitrogen and oxygen atoms in total. The van der Waals surface area contributed by atoms with E-state index >= 15 is 0 Å². The number of amides is 1. The van der Waals surface area contributed by atoms with Crippen molar-refractivity contribution >= 4 is 35.0 Å². The molecule has 100 valence electrons. The Morgan fingerprint density at radius 2 is 1.80 bits per heavy atom. The molecule has 0 aromatic heterocycles. The Labute approximate surface area is 126 Å². The summed E-state index contributed by atoms with van der Waals surface area (Å²) in [6.07, 6.45) is 0. The number of nitrogens with one attached hydrogen (secondary N) is 1. The number of carbonyl (C=O) groups excluding carboxylic acids is 1. The summed E-state index contributed by atoms with van der Waals surface area (Å²) in [5.41, 5.74) is 1.25. The Balaban J connectivity index is 1.86. The molecule has 20 heavy (non-hydrogen) atoms. The number of hydrogen-bond donors (Lipinski definition) is 1. The fourth-order valence-corrected chi connectivity index (χ4v) is 2.33. The lowest BCUT2D eigenvalue weighted by Gasteiger charge is -2.05. The van der Waals surface area contributed by atoms with Gasteiger partial charge in [0, 0.05) is 15.6 Å². The minimum Gasteiger partial charge on any atom is -0.325 e. The molecule has 0 bridgehead atoms. The molecule has 1 amide bonds. The van der Waals surface area contributed by atoms with Crippen molar-refractivity contribution in [2.45, 2.75) is 4.90 Å². The smallest absolute Gasteiger partial charge is 0.234 e. The molecule has 5 heteroatoms. The van der Waals surface area contributed by atoms with E-state index in [1.165, 1.54) is 11.8 Å². The second-order valence-corrected chi connectivity index (χ2v) is 5.47. The molecule has 0 saturated carbocycles. The first-order chi connectivity index (χ1) is 9.67. The van der Waals surface area contributed by atoms with Crippen molar-refractivity contribution in [1.29, 1.82) is 5.26 Å². The Morgan fingerprint density at radius 1 is 1.15 bits per heavy atom. The first-order valence-electron chi connectivity index (χ1n) is 5.86. The van der Waals surface area contributed by atoms with Crippen molar-refractivity contribution < 1.29 is 4.79 Å². The number of benzene rings is 2. The summed E-state index contributed by atoms with van der Waals surface area (Å²) in [5.74, 6) is 0.233. The van der Waals surface area contributed by atoms with E-state index in [2.05, 4.69) is 5.32 Å². The summed E-state index contributed by atoms with van der Waals surface area (Å²) >= 11 is 7.24. The van der Waals surface area contributed by atoms with E-state index in [9.17, 15) is 4.79 Å². The van der Waals surface area contributed by atoms with Gasteiger partial charge in [-0.1, -0.05) is 11.6 Å². The summed E-state index contributed by atoms with van der Waals surface area (Å²) < 4.78 is 0. The number of hydrogen-bond acceptors (Lipinski definition) is 3. The lowest BCUT2D eigenvalue weighted by atomic mass is 10.2. The van der Waals surface area contributed by atoms with Crippen LogP contribution in [0.4, 0.5) is 5.69 Å². The zero-order valence-electron chi connectivity index (χ0n) is 10.5. The van der Waals surface area contributed by atoms with E-state index in [0.717, 1.165) is 4.90 Å². The summed E-state index contributed by atoms with van der Waals surface area (Å²) in [4.78, 5) is 12.8. The molecule has 2 aromatic rings. The fourth-order valence-electron chi connectivity index (χ4n) is 1.50. The highest BCUT2D eigenvalue weighted by Gasteiger charge is 2.04. The molecule has 0 aliphatic carbocycles. The van der Waals surface area contributed by atoms with Gasteiger partial charge in [0.25, 0.3) is 0 Å². The van der Waals surface area contributed by atoms with Crippen molar-refractivity contribution in [3.63, 3.8) is 0 Å². The van der Waals surface area contributed by atoms with Gasteiger partial charge in [-0.25, -0.2) is 0 Å². The lowest BCUT2D eigenvalue weighted by molar-refractivity contribution is -0.113. The Morgan fingerprint density at radius 3 is 2.40 bits per heavy atom. The monoisotopic (exact) mass is 302 g/mol. The zero-order valence-corrected chi connectivity index (χ0v) is 12.0. The maximum absolute atomic E-state index is 11.8. The van der Waals surface area contributed by atoms with Gasteiger partial charge in [-0.3, -0.25) is 4.79 Å². The molecule has 0 fully saturated rings. The van der Waals surface area contributed by atoms with Crippen LogP contribution in [-0.2, 0) is 4.79 Å². The molecule has 2 rings (SSSR count). The van der Waals surface area contributed by atoms with E-state index in [1.807, 2.05) is 18.2 Å². The predicted octanol–water partition coefficient (Wildman–Crippen LogP) is 3.94. The van der Waals surface area contributed by atoms with Gasteiger partial charge >= 0.3 is 0 Å². The second-order valence-electron chi connectivity index (χ2n) is 3.98. The van der Waals surface area contributed by atoms with Crippen LogP contribution in [0.3, 0.4) is 0 Å². The van der Waals surface area contributed by atoms with Crippen LogP contribution in [0.25, 0.3) is 0 Å². The number of nitrogens with zero attached hydrogens (tertiary/aromatic N) is 1. The third kappa shape index (κ3) is 4.30. The van der Waals surface area contributed by atoms with Crippen LogP contribution in [0.1, 0.15) is 5.56 Å². The fraction of sp³-hybridized carbons (Fsp3) is 0.0667. The normalized spacial score (nSPS) is 9.80. The van der Waals surface area contributed by atoms with E-state index < -0.39 is 0 Å². The summed E-state index contributed by atoms with van der Waals surface area (Å²) in [7, 11) is 0. The van der Waals surface area contributed by atoms with E-state index in [4.69, 9.17) is 16.9 Å². The average Bonchev–Trinajstić information content (AvgIpc) is 2.47. The topological polar surface area (TPSA) is 52.9 Å². The first-order valence-corrected chi connectivity index (χ1v) is 7.22. The third-order valence-corrected chi connectivity index (χ3v) is 3.75. The minimum absolute atomic E-state index is 0.0883. The number of halogens is 1. The average molecular weight is 303 g/mol. The third-order valence-electron chi connectivity index (χ3n) is 2.48. The highest BCUT2D eigenvalue weighted by atomic mass is 35.5. The van der Waals surface area contributed by atoms with Crippen LogP contribution in [-0.4, -0.2) is 11.7 Å². The maximum atomic E-state index is 11.8.